The molecule has 0 aliphatic carbocycles. The third-order valence-corrected chi connectivity index (χ3v) is 4.05. The molecule has 0 spiro atoms. The number of rotatable bonds is 2. The van der Waals surface area contributed by atoms with Gasteiger partial charge in [-0.25, -0.2) is 9.37 Å². The topological polar surface area (TPSA) is 46.1 Å². The Morgan fingerprint density at radius 3 is 2.86 bits per heavy atom. The van der Waals surface area contributed by atoms with Crippen LogP contribution in [0.2, 0.25) is 0 Å². The van der Waals surface area contributed by atoms with E-state index in [9.17, 15) is 9.18 Å². The maximum Gasteiger partial charge on any atom is 0.220 e. The second-order valence-electron chi connectivity index (χ2n) is 5.53. The highest BCUT2D eigenvalue weighted by molar-refractivity contribution is 5.74. The van der Waals surface area contributed by atoms with Gasteiger partial charge in [0.15, 0.2) is 0 Å². The third-order valence-electron chi connectivity index (χ3n) is 4.05. The average molecular weight is 299 g/mol. The van der Waals surface area contributed by atoms with Crippen molar-refractivity contribution in [3.8, 4) is 11.3 Å². The van der Waals surface area contributed by atoms with E-state index < -0.39 is 0 Å². The summed E-state index contributed by atoms with van der Waals surface area (Å²) >= 11 is 0. The molecule has 0 bridgehead atoms. The molecule has 1 fully saturated rings. The average Bonchev–Trinajstić information content (AvgIpc) is 2.55. The molecule has 0 unspecified atom stereocenters. The van der Waals surface area contributed by atoms with E-state index in [0.29, 0.717) is 11.3 Å². The van der Waals surface area contributed by atoms with Gasteiger partial charge in [0, 0.05) is 19.0 Å². The molecule has 1 aromatic heterocycles. The van der Waals surface area contributed by atoms with Gasteiger partial charge in [-0.1, -0.05) is 12.1 Å². The zero-order valence-corrected chi connectivity index (χ0v) is 12.5. The molecule has 2 heterocycles. The van der Waals surface area contributed by atoms with Crippen molar-refractivity contribution < 1.29 is 9.18 Å². The Hall–Kier alpha value is -2.30. The van der Waals surface area contributed by atoms with Crippen LogP contribution in [0.1, 0.15) is 37.9 Å². The summed E-state index contributed by atoms with van der Waals surface area (Å²) in [4.78, 5) is 22.4. The molecule has 22 heavy (non-hydrogen) atoms. The summed E-state index contributed by atoms with van der Waals surface area (Å²) in [5.41, 5.74) is 1.67. The molecule has 5 heteroatoms. The first-order valence-electron chi connectivity index (χ1n) is 7.51. The number of nitrogens with zero attached hydrogens (tertiary/aromatic N) is 3. The number of benzene rings is 1. The van der Waals surface area contributed by atoms with Crippen LogP contribution in [0.4, 0.5) is 4.39 Å². The number of carbonyl (C=O) groups is 1. The number of amides is 1. The molecule has 114 valence electrons. The van der Waals surface area contributed by atoms with Gasteiger partial charge in [-0.3, -0.25) is 9.78 Å². The molecule has 1 aromatic carbocycles. The maximum absolute atomic E-state index is 13.9. The Morgan fingerprint density at radius 1 is 1.27 bits per heavy atom. The number of likely N-dealkylation sites (tertiary alicyclic amines) is 1. The number of hydrogen-bond donors (Lipinski definition) is 0. The van der Waals surface area contributed by atoms with Gasteiger partial charge in [0.25, 0.3) is 0 Å². The van der Waals surface area contributed by atoms with Crippen molar-refractivity contribution >= 4 is 5.91 Å². The standard InChI is InChI=1S/C17H18FN3O/c1-12(22)21-9-5-4-8-17(21)16-11-19-10-15(20-16)13-6-2-3-7-14(13)18/h2-3,6-7,10-11,17H,4-5,8-9H2,1H3/t17-/m0/s1. The van der Waals surface area contributed by atoms with Gasteiger partial charge < -0.3 is 4.90 Å². The van der Waals surface area contributed by atoms with Crippen molar-refractivity contribution in [2.45, 2.75) is 32.2 Å². The molecular weight excluding hydrogens is 281 g/mol. The van der Waals surface area contributed by atoms with Crippen LogP contribution in [0.5, 0.6) is 0 Å². The van der Waals surface area contributed by atoms with Gasteiger partial charge >= 0.3 is 0 Å². The van der Waals surface area contributed by atoms with Gasteiger partial charge in [0.1, 0.15) is 5.82 Å². The van der Waals surface area contributed by atoms with Crippen molar-refractivity contribution in [1.29, 1.82) is 0 Å². The van der Waals surface area contributed by atoms with Gasteiger partial charge in [-0.2, -0.15) is 0 Å². The number of aromatic nitrogens is 2. The van der Waals surface area contributed by atoms with E-state index in [4.69, 9.17) is 0 Å². The number of hydrogen-bond acceptors (Lipinski definition) is 3. The van der Waals surface area contributed by atoms with Crippen molar-refractivity contribution in [2.75, 3.05) is 6.54 Å². The van der Waals surface area contributed by atoms with E-state index in [1.807, 2.05) is 4.90 Å². The lowest BCUT2D eigenvalue weighted by Gasteiger charge is -2.34. The maximum atomic E-state index is 13.9. The Labute approximate surface area is 129 Å². The van der Waals surface area contributed by atoms with Crippen LogP contribution in [0.3, 0.4) is 0 Å². The minimum atomic E-state index is -0.319. The normalized spacial score (nSPS) is 18.3. The number of piperidine rings is 1. The third kappa shape index (κ3) is 2.84. The Kier molecular flexibility index (Phi) is 4.13. The smallest absolute Gasteiger partial charge is 0.220 e. The first-order chi connectivity index (χ1) is 10.7. The largest absolute Gasteiger partial charge is 0.334 e. The van der Waals surface area contributed by atoms with Crippen LogP contribution in [0.15, 0.2) is 36.7 Å². The van der Waals surface area contributed by atoms with E-state index in [0.717, 1.165) is 31.5 Å². The highest BCUT2D eigenvalue weighted by atomic mass is 19.1. The van der Waals surface area contributed by atoms with Crippen LogP contribution < -0.4 is 0 Å². The highest BCUT2D eigenvalue weighted by Crippen LogP contribution is 2.30. The zero-order valence-electron chi connectivity index (χ0n) is 12.5. The molecule has 2 aromatic rings. The predicted molar refractivity (Wildman–Crippen MR) is 81.4 cm³/mol. The van der Waals surface area contributed by atoms with Crippen LogP contribution in [0.25, 0.3) is 11.3 Å². The number of carbonyl (C=O) groups excluding carboxylic acids is 1. The monoisotopic (exact) mass is 299 g/mol. The first kappa shape index (κ1) is 14.6. The zero-order chi connectivity index (χ0) is 15.5. The summed E-state index contributed by atoms with van der Waals surface area (Å²) < 4.78 is 13.9. The van der Waals surface area contributed by atoms with E-state index in [-0.39, 0.29) is 17.8 Å². The molecule has 1 atom stereocenters. The van der Waals surface area contributed by atoms with Crippen LogP contribution >= 0.6 is 0 Å². The summed E-state index contributed by atoms with van der Waals surface area (Å²) in [7, 11) is 0. The Balaban J connectivity index is 1.97. The summed E-state index contributed by atoms with van der Waals surface area (Å²) in [6, 6.07) is 6.45. The molecule has 0 saturated carbocycles. The lowest BCUT2D eigenvalue weighted by molar-refractivity contribution is -0.132. The van der Waals surface area contributed by atoms with Crippen LogP contribution in [0, 0.1) is 5.82 Å². The SMILES string of the molecule is CC(=O)N1CCCC[C@H]1c1cncc(-c2ccccc2F)n1. The molecule has 1 saturated heterocycles. The molecule has 4 nitrogen and oxygen atoms in total. The van der Waals surface area contributed by atoms with Gasteiger partial charge in [-0.15, -0.1) is 0 Å². The predicted octanol–water partition coefficient (Wildman–Crippen LogP) is 3.36. The molecule has 0 radical (unpaired) electrons. The molecule has 1 aliphatic rings. The van der Waals surface area contributed by atoms with Gasteiger partial charge in [-0.05, 0) is 31.4 Å². The minimum Gasteiger partial charge on any atom is -0.334 e. The number of halogens is 1. The highest BCUT2D eigenvalue weighted by Gasteiger charge is 2.27. The van der Waals surface area contributed by atoms with Gasteiger partial charge in [0.2, 0.25) is 5.91 Å². The lowest BCUT2D eigenvalue weighted by atomic mass is 9.99. The fraction of sp³-hybridized carbons (Fsp3) is 0.353. The van der Waals surface area contributed by atoms with Crippen LogP contribution in [-0.2, 0) is 4.79 Å². The summed E-state index contributed by atoms with van der Waals surface area (Å²) in [5, 5.41) is 0. The molecule has 0 N–H and O–H groups in total. The van der Waals surface area contributed by atoms with E-state index >= 15 is 0 Å². The summed E-state index contributed by atoms with van der Waals surface area (Å²) in [5.74, 6) is -0.274. The summed E-state index contributed by atoms with van der Waals surface area (Å²) in [6.45, 7) is 2.32. The van der Waals surface area contributed by atoms with Crippen molar-refractivity contribution in [3.63, 3.8) is 0 Å². The summed E-state index contributed by atoms with van der Waals surface area (Å²) in [6.07, 6.45) is 6.17. The molecule has 1 amide bonds. The first-order valence-corrected chi connectivity index (χ1v) is 7.51. The van der Waals surface area contributed by atoms with E-state index in [1.165, 1.54) is 6.07 Å². The van der Waals surface area contributed by atoms with Gasteiger partial charge in [0.05, 0.1) is 29.8 Å². The molecule has 1 aliphatic heterocycles. The lowest BCUT2D eigenvalue weighted by Crippen LogP contribution is -2.37. The fourth-order valence-corrected chi connectivity index (χ4v) is 2.96. The van der Waals surface area contributed by atoms with E-state index in [1.54, 1.807) is 37.5 Å². The second kappa shape index (κ2) is 6.22. The van der Waals surface area contributed by atoms with Crippen molar-refractivity contribution in [1.82, 2.24) is 14.9 Å². The van der Waals surface area contributed by atoms with Crippen LogP contribution in [-0.4, -0.2) is 27.3 Å². The van der Waals surface area contributed by atoms with Crippen molar-refractivity contribution in [2.24, 2.45) is 0 Å². The Morgan fingerprint density at radius 2 is 2.09 bits per heavy atom. The fourth-order valence-electron chi connectivity index (χ4n) is 2.96. The molecular formula is C17H18FN3O. The Bertz CT molecular complexity index is 689. The molecule has 3 rings (SSSR count). The van der Waals surface area contributed by atoms with Crippen molar-refractivity contribution in [3.05, 3.63) is 48.2 Å². The second-order valence-corrected chi connectivity index (χ2v) is 5.53. The minimum absolute atomic E-state index is 0.0443. The van der Waals surface area contributed by atoms with E-state index in [2.05, 4.69) is 9.97 Å². The quantitative estimate of drug-likeness (QED) is 0.854.